The van der Waals surface area contributed by atoms with E-state index in [1.54, 1.807) is 6.21 Å². The average Bonchev–Trinajstić information content (AvgIpc) is 2.91. The van der Waals surface area contributed by atoms with E-state index in [1.807, 2.05) is 80.3 Å². The van der Waals surface area contributed by atoms with Crippen molar-refractivity contribution >= 4 is 40.6 Å². The number of nitrogens with one attached hydrogen (secondary N) is 1. The maximum Gasteiger partial charge on any atom is 0.490 e. The number of rotatable bonds is 5. The summed E-state index contributed by atoms with van der Waals surface area (Å²) in [7, 11) is 0. The summed E-state index contributed by atoms with van der Waals surface area (Å²) in [6.07, 6.45) is -2.22. The molecule has 0 aromatic heterocycles. The van der Waals surface area contributed by atoms with Gasteiger partial charge in [0.1, 0.15) is 5.60 Å². The number of amides is 2. The molecule has 1 aliphatic rings. The van der Waals surface area contributed by atoms with Gasteiger partial charge < -0.3 is 25.9 Å². The number of carbonyl (C=O) groups is 3. The number of carbonyl (C=O) groups excluding carboxylic acids is 2. The Morgan fingerprint density at radius 1 is 1.07 bits per heavy atom. The van der Waals surface area contributed by atoms with Gasteiger partial charge in [0.2, 0.25) is 0 Å². The zero-order valence-corrected chi connectivity index (χ0v) is 25.2. The molecule has 2 amide bonds. The Morgan fingerprint density at radius 2 is 1.70 bits per heavy atom. The predicted molar refractivity (Wildman–Crippen MR) is 163 cm³/mol. The highest BCUT2D eigenvalue weighted by atomic mass is 19.4. The highest BCUT2D eigenvalue weighted by Crippen LogP contribution is 2.37. The Bertz CT molecular complexity index is 1550. The van der Waals surface area contributed by atoms with Crippen molar-refractivity contribution in [3.63, 3.8) is 0 Å². The Balaban J connectivity index is 0.000000676. The number of carboxylic acids is 1. The van der Waals surface area contributed by atoms with Gasteiger partial charge in [-0.1, -0.05) is 38.1 Å². The van der Waals surface area contributed by atoms with Gasteiger partial charge in [-0.25, -0.2) is 9.59 Å². The van der Waals surface area contributed by atoms with Crippen LogP contribution in [0, 0.1) is 5.92 Å². The summed E-state index contributed by atoms with van der Waals surface area (Å²) in [5.41, 5.74) is 3.95. The summed E-state index contributed by atoms with van der Waals surface area (Å²) < 4.78 is 37.4. The number of nitrogens with two attached hydrogens (primary N) is 1. The van der Waals surface area contributed by atoms with Crippen LogP contribution in [0.25, 0.3) is 10.8 Å². The summed E-state index contributed by atoms with van der Waals surface area (Å²) in [6, 6.07) is 17.4. The van der Waals surface area contributed by atoms with Crippen LogP contribution in [-0.4, -0.2) is 52.5 Å². The second kappa shape index (κ2) is 13.8. The van der Waals surface area contributed by atoms with Crippen molar-refractivity contribution in [3.8, 4) is 0 Å². The van der Waals surface area contributed by atoms with Crippen LogP contribution in [-0.2, 0) is 16.0 Å². The maximum atomic E-state index is 13.1. The van der Waals surface area contributed by atoms with Gasteiger partial charge in [0.25, 0.3) is 5.91 Å². The van der Waals surface area contributed by atoms with Crippen LogP contribution in [0.1, 0.15) is 74.1 Å². The smallest absolute Gasteiger partial charge is 0.475 e. The summed E-state index contributed by atoms with van der Waals surface area (Å²) in [4.78, 5) is 36.8. The molecule has 4 rings (SSSR count). The van der Waals surface area contributed by atoms with Crippen LogP contribution in [0.5, 0.6) is 0 Å². The van der Waals surface area contributed by atoms with Crippen LogP contribution < -0.4 is 11.2 Å². The molecule has 3 aromatic rings. The van der Waals surface area contributed by atoms with E-state index in [1.165, 1.54) is 0 Å². The quantitative estimate of drug-likeness (QED) is 0.163. The molecule has 0 saturated carbocycles. The van der Waals surface area contributed by atoms with Crippen molar-refractivity contribution in [2.45, 2.75) is 65.3 Å². The molecule has 1 unspecified atom stereocenters. The second-order valence-corrected chi connectivity index (χ2v) is 11.8. The standard InChI is InChI=1S/C30H36N4O3.C2HF3O2/c1-19(2)14-27-26-11-10-25(17-23(26)12-13-34(27)29(36)37-30(3,4)5)33-28(35)24-9-8-21-15-20(18-32-31)6-7-22(21)16-24;3-2(4,5)1(6)7/h6-11,15-19,27H,12-14,31H2,1-5H3,(H,33,35);(H,6,7). The van der Waals surface area contributed by atoms with E-state index in [0.29, 0.717) is 24.4 Å². The third-order valence-corrected chi connectivity index (χ3v) is 6.67. The number of nitrogens with zero attached hydrogens (tertiary/aromatic N) is 2. The van der Waals surface area contributed by atoms with Crippen molar-refractivity contribution in [2.75, 3.05) is 11.9 Å². The van der Waals surface area contributed by atoms with E-state index in [0.717, 1.165) is 39.6 Å². The van der Waals surface area contributed by atoms with Gasteiger partial charge in [0.15, 0.2) is 0 Å². The summed E-state index contributed by atoms with van der Waals surface area (Å²) in [6.45, 7) is 10.6. The maximum absolute atomic E-state index is 13.1. The monoisotopic (exact) mass is 614 g/mol. The molecule has 1 aliphatic heterocycles. The molecule has 0 fully saturated rings. The first-order valence-corrected chi connectivity index (χ1v) is 14.0. The molecule has 9 nitrogen and oxygen atoms in total. The van der Waals surface area contributed by atoms with Crippen LogP contribution in [0.4, 0.5) is 23.7 Å². The van der Waals surface area contributed by atoms with Crippen molar-refractivity contribution < 1.29 is 37.4 Å². The molecule has 3 aromatic carbocycles. The average molecular weight is 615 g/mol. The van der Waals surface area contributed by atoms with E-state index in [2.05, 4.69) is 24.3 Å². The SMILES string of the molecule is CC(C)CC1c2ccc(NC(=O)c3ccc4cc(C=NN)ccc4c3)cc2CCN1C(=O)OC(C)(C)C.O=C(O)C(F)(F)F. The lowest BCUT2D eigenvalue weighted by Gasteiger charge is -2.39. The third-order valence-electron chi connectivity index (χ3n) is 6.67. The minimum Gasteiger partial charge on any atom is -0.475 e. The molecule has 0 radical (unpaired) electrons. The van der Waals surface area contributed by atoms with Crippen LogP contribution in [0.15, 0.2) is 59.7 Å². The fourth-order valence-corrected chi connectivity index (χ4v) is 4.80. The first kappa shape index (κ1) is 33.9. The molecule has 236 valence electrons. The second-order valence-electron chi connectivity index (χ2n) is 11.8. The van der Waals surface area contributed by atoms with Crippen molar-refractivity contribution in [1.82, 2.24) is 4.90 Å². The number of fused-ring (bicyclic) bond motifs is 2. The zero-order valence-electron chi connectivity index (χ0n) is 25.2. The molecule has 4 N–H and O–H groups in total. The van der Waals surface area contributed by atoms with Crippen molar-refractivity contribution in [3.05, 3.63) is 76.9 Å². The lowest BCUT2D eigenvalue weighted by molar-refractivity contribution is -0.192. The number of anilines is 1. The van der Waals surface area contributed by atoms with Crippen molar-refractivity contribution in [1.29, 1.82) is 0 Å². The topological polar surface area (TPSA) is 134 Å². The van der Waals surface area contributed by atoms with Crippen LogP contribution in [0.2, 0.25) is 0 Å². The number of benzene rings is 3. The van der Waals surface area contributed by atoms with Gasteiger partial charge in [0.05, 0.1) is 12.3 Å². The summed E-state index contributed by atoms with van der Waals surface area (Å²) >= 11 is 0. The zero-order chi connectivity index (χ0) is 32.8. The molecule has 12 heteroatoms. The van der Waals surface area contributed by atoms with Gasteiger partial charge in [-0.2, -0.15) is 18.3 Å². The van der Waals surface area contributed by atoms with Gasteiger partial charge in [-0.3, -0.25) is 4.79 Å². The first-order chi connectivity index (χ1) is 20.5. The van der Waals surface area contributed by atoms with Crippen molar-refractivity contribution in [2.24, 2.45) is 16.9 Å². The normalized spacial score (nSPS) is 15.0. The lowest BCUT2D eigenvalue weighted by Crippen LogP contribution is -2.43. The fourth-order valence-electron chi connectivity index (χ4n) is 4.80. The first-order valence-electron chi connectivity index (χ1n) is 14.0. The summed E-state index contributed by atoms with van der Waals surface area (Å²) in [5, 5.41) is 15.7. The lowest BCUT2D eigenvalue weighted by atomic mass is 9.87. The molecule has 0 spiro atoms. The number of halogens is 3. The van der Waals surface area contributed by atoms with Gasteiger partial charge in [0, 0.05) is 17.8 Å². The number of ether oxygens (including phenoxy) is 1. The van der Waals surface area contributed by atoms with E-state index in [-0.39, 0.29) is 18.0 Å². The van der Waals surface area contributed by atoms with Gasteiger partial charge >= 0.3 is 18.2 Å². The van der Waals surface area contributed by atoms with E-state index in [4.69, 9.17) is 20.5 Å². The van der Waals surface area contributed by atoms with E-state index < -0.39 is 17.7 Å². The van der Waals surface area contributed by atoms with Gasteiger partial charge in [-0.05, 0) is 97.3 Å². The Hall–Kier alpha value is -4.61. The predicted octanol–water partition coefficient (Wildman–Crippen LogP) is 6.90. The number of alkyl halides is 3. The molecular formula is C32H37F3N4O5. The van der Waals surface area contributed by atoms with E-state index in [9.17, 15) is 22.8 Å². The molecule has 0 aliphatic carbocycles. The van der Waals surface area contributed by atoms with Crippen LogP contribution >= 0.6 is 0 Å². The highest BCUT2D eigenvalue weighted by molar-refractivity contribution is 6.06. The molecule has 0 saturated heterocycles. The Labute approximate surface area is 253 Å². The number of aliphatic carboxylic acids is 1. The third kappa shape index (κ3) is 9.19. The molecule has 1 heterocycles. The molecule has 44 heavy (non-hydrogen) atoms. The number of hydrogen-bond donors (Lipinski definition) is 3. The Kier molecular flexibility index (Phi) is 10.6. The highest BCUT2D eigenvalue weighted by Gasteiger charge is 2.38. The Morgan fingerprint density at radius 3 is 2.30 bits per heavy atom. The van der Waals surface area contributed by atoms with Crippen LogP contribution in [0.3, 0.4) is 0 Å². The fraction of sp³-hybridized carbons (Fsp3) is 0.375. The number of hydrazone groups is 1. The minimum absolute atomic E-state index is 0.0574. The van der Waals surface area contributed by atoms with E-state index >= 15 is 0 Å². The number of hydrogen-bond acceptors (Lipinski definition) is 6. The van der Waals surface area contributed by atoms with Gasteiger partial charge in [-0.15, -0.1) is 0 Å². The minimum atomic E-state index is -5.08. The largest absolute Gasteiger partial charge is 0.490 e. The molecule has 0 bridgehead atoms. The molecular weight excluding hydrogens is 577 g/mol. The summed E-state index contributed by atoms with van der Waals surface area (Å²) in [5.74, 6) is 2.73. The number of carboxylic acid groups (broad SMARTS) is 1. The molecule has 1 atom stereocenters.